The Morgan fingerprint density at radius 2 is 1.96 bits per heavy atom. The quantitative estimate of drug-likeness (QED) is 0.621. The molecular weight excluding hydrogens is 343 g/mol. The molecule has 25 heavy (non-hydrogen) atoms. The van der Waals surface area contributed by atoms with E-state index in [1.54, 1.807) is 12.1 Å². The predicted molar refractivity (Wildman–Crippen MR) is 93.5 cm³/mol. The van der Waals surface area contributed by atoms with Crippen LogP contribution in [0.5, 0.6) is 0 Å². The number of nitrogens with zero attached hydrogens (tertiary/aromatic N) is 1. The average molecular weight is 362 g/mol. The minimum atomic E-state index is -1.18. The summed E-state index contributed by atoms with van der Waals surface area (Å²) in [6.07, 6.45) is -0.644. The van der Waals surface area contributed by atoms with Crippen molar-refractivity contribution in [2.24, 2.45) is 11.8 Å². The molecule has 0 aromatic heterocycles. The number of rotatable bonds is 2. The topological polar surface area (TPSA) is 83.6 Å². The van der Waals surface area contributed by atoms with Crippen molar-refractivity contribution in [3.8, 4) is 0 Å². The molecule has 1 aliphatic carbocycles. The van der Waals surface area contributed by atoms with Gasteiger partial charge in [0.15, 0.2) is 5.78 Å². The first-order valence-corrected chi connectivity index (χ1v) is 9.16. The Morgan fingerprint density at radius 1 is 1.28 bits per heavy atom. The van der Waals surface area contributed by atoms with Crippen LogP contribution in [0.2, 0.25) is 0 Å². The number of carbonyl (C=O) groups excluding carboxylic acids is 1. The van der Waals surface area contributed by atoms with E-state index in [1.165, 1.54) is 11.8 Å². The van der Waals surface area contributed by atoms with E-state index in [0.29, 0.717) is 12.1 Å². The molecule has 2 aliphatic heterocycles. The van der Waals surface area contributed by atoms with Gasteiger partial charge in [0.25, 0.3) is 0 Å². The molecule has 1 aromatic carbocycles. The summed E-state index contributed by atoms with van der Waals surface area (Å²) in [4.78, 5) is 26.2. The number of anilines is 1. The highest BCUT2D eigenvalue weighted by molar-refractivity contribution is 8.05. The van der Waals surface area contributed by atoms with Crippen LogP contribution in [-0.2, 0) is 9.59 Å². The van der Waals surface area contributed by atoms with Crippen molar-refractivity contribution < 1.29 is 19.1 Å². The lowest BCUT2D eigenvalue weighted by atomic mass is 9.68. The van der Waals surface area contributed by atoms with Crippen LogP contribution in [0.15, 0.2) is 35.9 Å². The number of ketones is 1. The number of Topliss-reactive ketones (excluding diaryl/α,β-unsaturated/α-hetero) is 1. The summed E-state index contributed by atoms with van der Waals surface area (Å²) in [5, 5.41) is 9.79. The fourth-order valence-electron chi connectivity index (χ4n) is 4.40. The molecule has 3 N–H and O–H groups in total. The summed E-state index contributed by atoms with van der Waals surface area (Å²) in [6.45, 7) is 3.96. The minimum Gasteiger partial charge on any atom is -0.481 e. The lowest BCUT2D eigenvalue weighted by Crippen LogP contribution is -2.65. The van der Waals surface area contributed by atoms with Gasteiger partial charge < -0.3 is 15.7 Å². The highest BCUT2D eigenvalue weighted by Crippen LogP contribution is 2.55. The van der Waals surface area contributed by atoms with Crippen molar-refractivity contribution in [3.05, 3.63) is 41.4 Å². The Kier molecular flexibility index (Phi) is 3.79. The molecule has 3 fully saturated rings. The Balaban J connectivity index is 1.65. The molecule has 3 aliphatic rings. The number of nitrogens with two attached hydrogens (primary N) is 1. The Hall–Kier alpha value is -2.02. The van der Waals surface area contributed by atoms with Gasteiger partial charge in [0, 0.05) is 23.6 Å². The van der Waals surface area contributed by atoms with Crippen LogP contribution in [0.25, 0.3) is 0 Å². The third kappa shape index (κ3) is 2.44. The molecular formula is C18H19FN2O3S. The second-order valence-electron chi connectivity index (χ2n) is 6.96. The zero-order valence-electron chi connectivity index (χ0n) is 13.5. The molecule has 4 rings (SSSR count). The van der Waals surface area contributed by atoms with E-state index >= 15 is 0 Å². The van der Waals surface area contributed by atoms with Crippen molar-refractivity contribution in [2.75, 3.05) is 5.73 Å². The number of hydrogen-bond donors (Lipinski definition) is 2. The zero-order chi connectivity index (χ0) is 17.9. The van der Waals surface area contributed by atoms with Crippen LogP contribution in [0, 0.1) is 11.8 Å². The van der Waals surface area contributed by atoms with Gasteiger partial charge in [-0.25, -0.2) is 4.39 Å². The number of carboxylic acid groups (broad SMARTS) is 1. The van der Waals surface area contributed by atoms with Gasteiger partial charge in [0.2, 0.25) is 0 Å². The standard InChI is InChI=1S/C18H19FN2O3S/c1-8-21-14-7-11(9-2-4-10(20)5-3-9)13(19)6-12(14)16(22)15(18(23)24)17(21)25-8/h2-5,11-15,17H,1,6-7,20H2,(H,23,24). The summed E-state index contributed by atoms with van der Waals surface area (Å²) < 4.78 is 14.9. The fraction of sp³-hybridized carbons (Fsp3) is 0.444. The number of hydrogen-bond acceptors (Lipinski definition) is 5. The van der Waals surface area contributed by atoms with Crippen molar-refractivity contribution in [3.63, 3.8) is 0 Å². The summed E-state index contributed by atoms with van der Waals surface area (Å²) >= 11 is 1.33. The maximum atomic E-state index is 14.9. The Bertz CT molecular complexity index is 753. The molecule has 1 saturated carbocycles. The van der Waals surface area contributed by atoms with Crippen LogP contribution in [-0.4, -0.2) is 39.3 Å². The number of piperidine rings is 1. The van der Waals surface area contributed by atoms with Gasteiger partial charge in [-0.15, -0.1) is 0 Å². The third-order valence-electron chi connectivity index (χ3n) is 5.64. The van der Waals surface area contributed by atoms with Gasteiger partial charge in [-0.05, 0) is 30.5 Å². The number of fused-ring (bicyclic) bond motifs is 3. The van der Waals surface area contributed by atoms with E-state index in [-0.39, 0.29) is 24.2 Å². The summed E-state index contributed by atoms with van der Waals surface area (Å²) in [5.74, 6) is -3.48. The lowest BCUT2D eigenvalue weighted by molar-refractivity contribution is -0.155. The largest absolute Gasteiger partial charge is 0.481 e. The number of aliphatic carboxylic acids is 1. The molecule has 2 saturated heterocycles. The first-order chi connectivity index (χ1) is 11.9. The van der Waals surface area contributed by atoms with Gasteiger partial charge >= 0.3 is 5.97 Å². The first kappa shape index (κ1) is 16.4. The molecule has 7 heteroatoms. The van der Waals surface area contributed by atoms with Gasteiger partial charge in [-0.3, -0.25) is 9.59 Å². The number of alkyl halides is 1. The van der Waals surface area contributed by atoms with E-state index < -0.39 is 29.4 Å². The number of benzene rings is 1. The zero-order valence-corrected chi connectivity index (χ0v) is 14.3. The molecule has 0 radical (unpaired) electrons. The minimum absolute atomic E-state index is 0.0590. The number of thioether (sulfide) groups is 1. The molecule has 5 nitrogen and oxygen atoms in total. The number of halogens is 1. The molecule has 0 bridgehead atoms. The van der Waals surface area contributed by atoms with E-state index in [2.05, 4.69) is 6.58 Å². The van der Waals surface area contributed by atoms with Crippen molar-refractivity contribution >= 4 is 29.2 Å². The van der Waals surface area contributed by atoms with Crippen LogP contribution in [0.3, 0.4) is 0 Å². The summed E-state index contributed by atoms with van der Waals surface area (Å²) in [7, 11) is 0. The SMILES string of the molecule is C=C1SC2C(C(=O)O)C(=O)C3CC(F)C(c4ccc(N)cc4)CC3N12. The maximum Gasteiger partial charge on any atom is 0.317 e. The molecule has 2 heterocycles. The third-order valence-corrected chi connectivity index (χ3v) is 6.86. The summed E-state index contributed by atoms with van der Waals surface area (Å²) in [6, 6.07) is 6.98. The van der Waals surface area contributed by atoms with Gasteiger partial charge in [0.05, 0.1) is 5.03 Å². The first-order valence-electron chi connectivity index (χ1n) is 8.28. The number of carbonyl (C=O) groups is 2. The highest BCUT2D eigenvalue weighted by atomic mass is 32.2. The lowest BCUT2D eigenvalue weighted by Gasteiger charge is -2.58. The molecule has 1 aromatic rings. The van der Waals surface area contributed by atoms with E-state index in [1.807, 2.05) is 17.0 Å². The number of carboxylic acids is 1. The van der Waals surface area contributed by atoms with Crippen molar-refractivity contribution in [2.45, 2.75) is 36.3 Å². The van der Waals surface area contributed by atoms with Gasteiger partial charge in [0.1, 0.15) is 17.5 Å². The molecule has 132 valence electrons. The molecule has 0 spiro atoms. The molecule has 6 unspecified atom stereocenters. The second kappa shape index (κ2) is 5.76. The second-order valence-corrected chi connectivity index (χ2v) is 8.15. The van der Waals surface area contributed by atoms with Crippen molar-refractivity contribution in [1.29, 1.82) is 0 Å². The van der Waals surface area contributed by atoms with Crippen molar-refractivity contribution in [1.82, 2.24) is 4.90 Å². The predicted octanol–water partition coefficient (Wildman–Crippen LogP) is 2.60. The maximum absolute atomic E-state index is 14.9. The smallest absolute Gasteiger partial charge is 0.317 e. The van der Waals surface area contributed by atoms with Gasteiger partial charge in [-0.2, -0.15) is 0 Å². The Morgan fingerprint density at radius 3 is 2.56 bits per heavy atom. The number of nitrogen functional groups attached to an aromatic ring is 1. The monoisotopic (exact) mass is 362 g/mol. The Labute approximate surface area is 149 Å². The highest BCUT2D eigenvalue weighted by Gasteiger charge is 2.59. The normalized spacial score (nSPS) is 37.1. The van der Waals surface area contributed by atoms with E-state index in [0.717, 1.165) is 10.6 Å². The molecule has 0 amide bonds. The van der Waals surface area contributed by atoms with E-state index in [4.69, 9.17) is 5.73 Å². The van der Waals surface area contributed by atoms with E-state index in [9.17, 15) is 19.1 Å². The summed E-state index contributed by atoms with van der Waals surface area (Å²) in [5.41, 5.74) is 7.20. The molecule has 6 atom stereocenters. The van der Waals surface area contributed by atoms with Crippen LogP contribution in [0.4, 0.5) is 10.1 Å². The average Bonchev–Trinajstić information content (AvgIpc) is 2.55. The van der Waals surface area contributed by atoms with Gasteiger partial charge in [-0.1, -0.05) is 30.5 Å². The fourth-order valence-corrected chi connectivity index (χ4v) is 5.68. The van der Waals surface area contributed by atoms with Crippen LogP contribution in [0.1, 0.15) is 24.3 Å². The van der Waals surface area contributed by atoms with Crippen LogP contribution >= 0.6 is 11.8 Å². The van der Waals surface area contributed by atoms with Crippen LogP contribution < -0.4 is 5.73 Å².